The molecule has 4 rings (SSSR count). The van der Waals surface area contributed by atoms with E-state index in [1.807, 2.05) is 35.9 Å². The number of hydrogen-bond donors (Lipinski definition) is 0. The van der Waals surface area contributed by atoms with Crippen LogP contribution in [0, 0.1) is 6.92 Å². The molecule has 1 aromatic heterocycles. The van der Waals surface area contributed by atoms with E-state index in [9.17, 15) is 4.79 Å². The van der Waals surface area contributed by atoms with Gasteiger partial charge in [0, 0.05) is 43.6 Å². The molecular weight excluding hydrogens is 396 g/mol. The van der Waals surface area contributed by atoms with Gasteiger partial charge >= 0.3 is 0 Å². The Morgan fingerprint density at radius 3 is 2.27 bits per heavy atom. The fourth-order valence-electron chi connectivity index (χ4n) is 4.13. The third-order valence-corrected chi connectivity index (χ3v) is 6.00. The number of Topliss-reactive ketones (excluding diaryl/α,β-unsaturated/α-hetero) is 1. The van der Waals surface area contributed by atoms with Gasteiger partial charge in [-0.25, -0.2) is 4.98 Å². The van der Waals surface area contributed by atoms with Crippen LogP contribution in [0.2, 0.25) is 5.02 Å². The van der Waals surface area contributed by atoms with Crippen LogP contribution in [-0.2, 0) is 11.3 Å². The molecule has 0 aliphatic carbocycles. The molecule has 0 bridgehead atoms. The van der Waals surface area contributed by atoms with Gasteiger partial charge in [-0.05, 0) is 30.2 Å². The van der Waals surface area contributed by atoms with Gasteiger partial charge < -0.3 is 4.57 Å². The maximum Gasteiger partial charge on any atom is 0.166 e. The number of rotatable bonds is 7. The third kappa shape index (κ3) is 4.98. The first-order valence-electron chi connectivity index (χ1n) is 10.4. The maximum atomic E-state index is 12.5. The molecular formula is C24H27ClN4O. The van der Waals surface area contributed by atoms with Gasteiger partial charge in [-0.1, -0.05) is 54.1 Å². The van der Waals surface area contributed by atoms with Crippen molar-refractivity contribution in [3.05, 3.63) is 89.0 Å². The van der Waals surface area contributed by atoms with Gasteiger partial charge in [0.05, 0.1) is 19.1 Å². The van der Waals surface area contributed by atoms with E-state index in [2.05, 4.69) is 51.2 Å². The van der Waals surface area contributed by atoms with E-state index in [0.717, 1.165) is 37.0 Å². The summed E-state index contributed by atoms with van der Waals surface area (Å²) in [5.41, 5.74) is 2.52. The van der Waals surface area contributed by atoms with Crippen LogP contribution < -0.4 is 0 Å². The number of carbonyl (C=O) groups is 1. The van der Waals surface area contributed by atoms with Crippen LogP contribution in [0.25, 0.3) is 0 Å². The highest BCUT2D eigenvalue weighted by atomic mass is 35.5. The first-order chi connectivity index (χ1) is 14.6. The Morgan fingerprint density at radius 1 is 0.967 bits per heavy atom. The molecule has 2 aromatic carbocycles. The molecule has 1 saturated heterocycles. The Morgan fingerprint density at radius 2 is 1.63 bits per heavy atom. The summed E-state index contributed by atoms with van der Waals surface area (Å²) in [6.07, 6.45) is 3.60. The quantitative estimate of drug-likeness (QED) is 0.580. The number of benzene rings is 2. The molecule has 0 radical (unpaired) electrons. The van der Waals surface area contributed by atoms with E-state index in [1.54, 1.807) is 6.20 Å². The Hall–Kier alpha value is -2.47. The monoisotopic (exact) mass is 422 g/mol. The van der Waals surface area contributed by atoms with Gasteiger partial charge in [0.25, 0.3) is 0 Å². The number of halogens is 1. The second-order valence-corrected chi connectivity index (χ2v) is 8.25. The summed E-state index contributed by atoms with van der Waals surface area (Å²) in [5.74, 6) is 1.10. The summed E-state index contributed by atoms with van der Waals surface area (Å²) in [5, 5.41) is 0.752. The summed E-state index contributed by atoms with van der Waals surface area (Å²) >= 11 is 6.12. The fraction of sp³-hybridized carbons (Fsp3) is 0.333. The topological polar surface area (TPSA) is 41.4 Å². The van der Waals surface area contributed by atoms with Crippen molar-refractivity contribution in [1.82, 2.24) is 19.4 Å². The van der Waals surface area contributed by atoms with Crippen molar-refractivity contribution in [3.63, 3.8) is 0 Å². The standard InChI is InChI=1S/C24H27ClN4O/c1-19-26-11-12-29(19)18-23(30)17-27-13-15-28(16-14-27)24(20-5-3-2-4-6-20)21-7-9-22(25)10-8-21/h2-12,24H,13-18H2,1H3. The number of hydrogen-bond acceptors (Lipinski definition) is 4. The zero-order chi connectivity index (χ0) is 20.9. The number of nitrogens with zero attached hydrogens (tertiary/aromatic N) is 4. The SMILES string of the molecule is Cc1nccn1CC(=O)CN1CCN(C(c2ccccc2)c2ccc(Cl)cc2)CC1. The zero-order valence-electron chi connectivity index (χ0n) is 17.2. The third-order valence-electron chi connectivity index (χ3n) is 5.74. The molecule has 3 aromatic rings. The molecule has 5 nitrogen and oxygen atoms in total. The smallest absolute Gasteiger partial charge is 0.166 e. The predicted octanol–water partition coefficient (Wildman–Crippen LogP) is 3.82. The van der Waals surface area contributed by atoms with Gasteiger partial charge in [0.15, 0.2) is 5.78 Å². The van der Waals surface area contributed by atoms with Crippen LogP contribution in [0.15, 0.2) is 67.0 Å². The van der Waals surface area contributed by atoms with Gasteiger partial charge in [-0.15, -0.1) is 0 Å². The van der Waals surface area contributed by atoms with Crippen LogP contribution in [0.1, 0.15) is 23.0 Å². The Labute approximate surface area is 182 Å². The molecule has 30 heavy (non-hydrogen) atoms. The van der Waals surface area contributed by atoms with E-state index in [-0.39, 0.29) is 11.8 Å². The second kappa shape index (κ2) is 9.56. The lowest BCUT2D eigenvalue weighted by Gasteiger charge is -2.39. The highest BCUT2D eigenvalue weighted by molar-refractivity contribution is 6.30. The lowest BCUT2D eigenvalue weighted by atomic mass is 9.96. The van der Waals surface area contributed by atoms with Crippen LogP contribution in [0.4, 0.5) is 0 Å². The molecule has 0 saturated carbocycles. The average molecular weight is 423 g/mol. The molecule has 1 aliphatic heterocycles. The first-order valence-corrected chi connectivity index (χ1v) is 10.7. The van der Waals surface area contributed by atoms with Crippen molar-refractivity contribution in [2.75, 3.05) is 32.7 Å². The number of ketones is 1. The lowest BCUT2D eigenvalue weighted by Crippen LogP contribution is -2.49. The van der Waals surface area contributed by atoms with Crippen molar-refractivity contribution in [2.24, 2.45) is 0 Å². The Bertz CT molecular complexity index is 962. The molecule has 0 N–H and O–H groups in total. The van der Waals surface area contributed by atoms with Gasteiger partial charge in [0.1, 0.15) is 5.82 Å². The first kappa shape index (κ1) is 20.8. The van der Waals surface area contributed by atoms with Crippen LogP contribution in [0.3, 0.4) is 0 Å². The highest BCUT2D eigenvalue weighted by Crippen LogP contribution is 2.30. The predicted molar refractivity (Wildman–Crippen MR) is 120 cm³/mol. The maximum absolute atomic E-state index is 12.5. The molecule has 1 unspecified atom stereocenters. The van der Waals surface area contributed by atoms with Crippen molar-refractivity contribution < 1.29 is 4.79 Å². The van der Waals surface area contributed by atoms with Gasteiger partial charge in [0.2, 0.25) is 0 Å². The molecule has 0 spiro atoms. The fourth-order valence-corrected chi connectivity index (χ4v) is 4.26. The van der Waals surface area contributed by atoms with Crippen molar-refractivity contribution in [3.8, 4) is 0 Å². The molecule has 156 valence electrons. The number of imidazole rings is 1. The summed E-state index contributed by atoms with van der Waals surface area (Å²) in [4.78, 5) is 21.5. The van der Waals surface area contributed by atoms with Gasteiger partial charge in [-0.2, -0.15) is 0 Å². The molecule has 1 fully saturated rings. The van der Waals surface area contributed by atoms with Crippen LogP contribution in [0.5, 0.6) is 0 Å². The number of piperazine rings is 1. The Balaban J connectivity index is 1.41. The normalized spacial score (nSPS) is 16.5. The number of carbonyl (C=O) groups excluding carboxylic acids is 1. The van der Waals surface area contributed by atoms with Crippen molar-refractivity contribution in [1.29, 1.82) is 0 Å². The van der Waals surface area contributed by atoms with Crippen molar-refractivity contribution in [2.45, 2.75) is 19.5 Å². The minimum Gasteiger partial charge on any atom is -0.328 e. The summed E-state index contributed by atoms with van der Waals surface area (Å²) in [7, 11) is 0. The van der Waals surface area contributed by atoms with E-state index in [4.69, 9.17) is 11.6 Å². The number of aromatic nitrogens is 2. The van der Waals surface area contributed by atoms with E-state index in [0.29, 0.717) is 13.1 Å². The van der Waals surface area contributed by atoms with Crippen LogP contribution >= 0.6 is 11.6 Å². The summed E-state index contributed by atoms with van der Waals surface area (Å²) in [6.45, 7) is 6.40. The minimum atomic E-state index is 0.190. The zero-order valence-corrected chi connectivity index (χ0v) is 18.0. The van der Waals surface area contributed by atoms with Crippen LogP contribution in [-0.4, -0.2) is 57.9 Å². The highest BCUT2D eigenvalue weighted by Gasteiger charge is 2.27. The van der Waals surface area contributed by atoms with E-state index < -0.39 is 0 Å². The molecule has 1 atom stereocenters. The number of aryl methyl sites for hydroxylation is 1. The molecule has 2 heterocycles. The van der Waals surface area contributed by atoms with E-state index in [1.165, 1.54) is 11.1 Å². The van der Waals surface area contributed by atoms with E-state index >= 15 is 0 Å². The molecule has 0 amide bonds. The largest absolute Gasteiger partial charge is 0.328 e. The minimum absolute atomic E-state index is 0.190. The van der Waals surface area contributed by atoms with Crippen molar-refractivity contribution >= 4 is 17.4 Å². The average Bonchev–Trinajstić information content (AvgIpc) is 3.16. The lowest BCUT2D eigenvalue weighted by molar-refractivity contribution is -0.121. The summed E-state index contributed by atoms with van der Waals surface area (Å²) in [6, 6.07) is 18.9. The molecule has 6 heteroatoms. The van der Waals surface area contributed by atoms with Gasteiger partial charge in [-0.3, -0.25) is 14.6 Å². The Kier molecular flexibility index (Phi) is 6.62. The molecule has 1 aliphatic rings. The summed E-state index contributed by atoms with van der Waals surface area (Å²) < 4.78 is 1.91. The second-order valence-electron chi connectivity index (χ2n) is 7.82.